The largest absolute Gasteiger partial charge is 0.481 e. The third-order valence-corrected chi connectivity index (χ3v) is 4.37. The Balaban J connectivity index is 1.91. The summed E-state index contributed by atoms with van der Waals surface area (Å²) in [6.45, 7) is 1.50. The first kappa shape index (κ1) is 14.9. The zero-order chi connectivity index (χ0) is 14.5. The minimum absolute atomic E-state index is 0.0412. The highest BCUT2D eigenvalue weighted by Gasteiger charge is 2.28. The van der Waals surface area contributed by atoms with Gasteiger partial charge in [-0.3, -0.25) is 9.59 Å². The molecule has 1 aromatic heterocycles. The van der Waals surface area contributed by atoms with Crippen LogP contribution in [0.25, 0.3) is 0 Å². The summed E-state index contributed by atoms with van der Waals surface area (Å²) in [6, 6.07) is 0. The number of hydrogen-bond acceptors (Lipinski definition) is 5. The zero-order valence-corrected chi connectivity index (χ0v) is 12.1. The van der Waals surface area contributed by atoms with Crippen LogP contribution < -0.4 is 5.73 Å². The normalized spacial score (nSPS) is 19.1. The van der Waals surface area contributed by atoms with E-state index in [1.807, 2.05) is 5.38 Å². The number of aliphatic carboxylic acids is 1. The van der Waals surface area contributed by atoms with Crippen LogP contribution in [-0.2, 0) is 22.4 Å². The van der Waals surface area contributed by atoms with Gasteiger partial charge in [-0.15, -0.1) is 11.3 Å². The van der Waals surface area contributed by atoms with Crippen LogP contribution in [0.5, 0.6) is 0 Å². The predicted octanol–water partition coefficient (Wildman–Crippen LogP) is 0.510. The number of nitrogens with zero attached hydrogens (tertiary/aromatic N) is 2. The highest BCUT2D eigenvalue weighted by molar-refractivity contribution is 7.09. The maximum Gasteiger partial charge on any atom is 0.308 e. The van der Waals surface area contributed by atoms with Gasteiger partial charge in [-0.2, -0.15) is 0 Å². The molecule has 0 spiro atoms. The Labute approximate surface area is 121 Å². The minimum atomic E-state index is -0.818. The summed E-state index contributed by atoms with van der Waals surface area (Å²) >= 11 is 1.51. The maximum absolute atomic E-state index is 12.2. The van der Waals surface area contributed by atoms with Crippen molar-refractivity contribution in [1.29, 1.82) is 0 Å². The molecular formula is C13H19N3O3S. The predicted molar refractivity (Wildman–Crippen MR) is 75.5 cm³/mol. The first-order valence-corrected chi connectivity index (χ1v) is 7.62. The van der Waals surface area contributed by atoms with Gasteiger partial charge in [0.1, 0.15) is 0 Å². The summed E-state index contributed by atoms with van der Waals surface area (Å²) in [4.78, 5) is 29.2. The van der Waals surface area contributed by atoms with Gasteiger partial charge in [0.2, 0.25) is 5.91 Å². The fourth-order valence-corrected chi connectivity index (χ4v) is 3.15. The van der Waals surface area contributed by atoms with Gasteiger partial charge in [0.25, 0.3) is 0 Å². The van der Waals surface area contributed by atoms with Crippen molar-refractivity contribution in [3.05, 3.63) is 16.1 Å². The second-order valence-electron chi connectivity index (χ2n) is 4.97. The minimum Gasteiger partial charge on any atom is -0.481 e. The number of likely N-dealkylation sites (tertiary alicyclic amines) is 1. The highest BCUT2D eigenvalue weighted by Crippen LogP contribution is 2.18. The third kappa shape index (κ3) is 3.77. The Bertz CT molecular complexity index is 489. The van der Waals surface area contributed by atoms with E-state index in [9.17, 15) is 9.59 Å². The topological polar surface area (TPSA) is 96.5 Å². The summed E-state index contributed by atoms with van der Waals surface area (Å²) < 4.78 is 0. The van der Waals surface area contributed by atoms with Crippen LogP contribution in [0.1, 0.15) is 23.5 Å². The first-order valence-electron chi connectivity index (χ1n) is 6.74. The first-order chi connectivity index (χ1) is 9.60. The van der Waals surface area contributed by atoms with Gasteiger partial charge < -0.3 is 15.7 Å². The van der Waals surface area contributed by atoms with Gasteiger partial charge >= 0.3 is 5.97 Å². The van der Waals surface area contributed by atoms with Crippen molar-refractivity contribution in [2.24, 2.45) is 11.7 Å². The quantitative estimate of drug-likeness (QED) is 0.825. The molecule has 1 aliphatic heterocycles. The van der Waals surface area contributed by atoms with Crippen molar-refractivity contribution in [3.63, 3.8) is 0 Å². The number of nitrogens with two attached hydrogens (primary N) is 1. The van der Waals surface area contributed by atoms with Crippen LogP contribution in [0, 0.1) is 5.92 Å². The van der Waals surface area contributed by atoms with Crippen molar-refractivity contribution < 1.29 is 14.7 Å². The summed E-state index contributed by atoms with van der Waals surface area (Å²) in [6.07, 6.45) is 2.37. The van der Waals surface area contributed by atoms with Crippen molar-refractivity contribution >= 4 is 23.2 Å². The zero-order valence-electron chi connectivity index (χ0n) is 11.2. The Morgan fingerprint density at radius 3 is 3.05 bits per heavy atom. The molecule has 1 unspecified atom stereocenters. The Hall–Kier alpha value is -1.47. The fraction of sp³-hybridized carbons (Fsp3) is 0.615. The molecule has 0 saturated carbocycles. The summed E-state index contributed by atoms with van der Waals surface area (Å²) in [5, 5.41) is 11.8. The molecule has 1 aliphatic rings. The third-order valence-electron chi connectivity index (χ3n) is 3.41. The van der Waals surface area contributed by atoms with Crippen LogP contribution in [0.3, 0.4) is 0 Å². The molecule has 1 saturated heterocycles. The number of amides is 1. The SMILES string of the molecule is NCCc1nc(CC(=O)N2CCCC(C(=O)O)C2)cs1. The van der Waals surface area contributed by atoms with Crippen molar-refractivity contribution in [3.8, 4) is 0 Å². The molecule has 1 amide bonds. The van der Waals surface area contributed by atoms with E-state index < -0.39 is 11.9 Å². The molecule has 110 valence electrons. The number of rotatable bonds is 5. The van der Waals surface area contributed by atoms with E-state index in [-0.39, 0.29) is 12.3 Å². The smallest absolute Gasteiger partial charge is 0.308 e. The van der Waals surface area contributed by atoms with E-state index in [1.165, 1.54) is 11.3 Å². The molecule has 0 radical (unpaired) electrons. The molecule has 7 heteroatoms. The van der Waals surface area contributed by atoms with Gasteiger partial charge in [0, 0.05) is 24.9 Å². The molecule has 1 atom stereocenters. The van der Waals surface area contributed by atoms with Crippen molar-refractivity contribution in [2.75, 3.05) is 19.6 Å². The molecule has 0 bridgehead atoms. The van der Waals surface area contributed by atoms with Crippen LogP contribution in [0.2, 0.25) is 0 Å². The van der Waals surface area contributed by atoms with Crippen molar-refractivity contribution in [2.45, 2.75) is 25.7 Å². The van der Waals surface area contributed by atoms with Crippen LogP contribution in [0.15, 0.2) is 5.38 Å². The van der Waals surface area contributed by atoms with Crippen LogP contribution >= 0.6 is 11.3 Å². The summed E-state index contributed by atoms with van der Waals surface area (Å²) in [5.74, 6) is -1.29. The lowest BCUT2D eigenvalue weighted by molar-refractivity contribution is -0.145. The lowest BCUT2D eigenvalue weighted by Crippen LogP contribution is -2.43. The molecule has 3 N–H and O–H groups in total. The van der Waals surface area contributed by atoms with E-state index in [1.54, 1.807) is 4.90 Å². The average molecular weight is 297 g/mol. The standard InChI is InChI=1S/C13H19N3O3S/c14-4-3-11-15-10(8-20-11)6-12(17)16-5-1-2-9(7-16)13(18)19/h8-9H,1-7,14H2,(H,18,19). The molecular weight excluding hydrogens is 278 g/mol. The molecule has 6 nitrogen and oxygen atoms in total. The molecule has 2 rings (SSSR count). The van der Waals surface area contributed by atoms with E-state index in [4.69, 9.17) is 10.8 Å². The lowest BCUT2D eigenvalue weighted by Gasteiger charge is -2.30. The summed E-state index contributed by atoms with van der Waals surface area (Å²) in [5.41, 5.74) is 6.22. The molecule has 1 fully saturated rings. The van der Waals surface area contributed by atoms with E-state index >= 15 is 0 Å². The Morgan fingerprint density at radius 2 is 2.35 bits per heavy atom. The number of carboxylic acids is 1. The fourth-order valence-electron chi connectivity index (χ4n) is 2.34. The molecule has 2 heterocycles. The van der Waals surface area contributed by atoms with Gasteiger partial charge in [0.05, 0.1) is 23.0 Å². The number of piperidine rings is 1. The molecule has 0 aliphatic carbocycles. The Morgan fingerprint density at radius 1 is 1.55 bits per heavy atom. The van der Waals surface area contributed by atoms with Gasteiger partial charge in [-0.1, -0.05) is 0 Å². The highest BCUT2D eigenvalue weighted by atomic mass is 32.1. The molecule has 1 aromatic rings. The lowest BCUT2D eigenvalue weighted by atomic mass is 9.98. The van der Waals surface area contributed by atoms with Crippen LogP contribution in [-0.4, -0.2) is 46.5 Å². The van der Waals surface area contributed by atoms with Gasteiger partial charge in [-0.05, 0) is 19.4 Å². The number of carbonyl (C=O) groups is 2. The van der Waals surface area contributed by atoms with E-state index in [0.29, 0.717) is 26.1 Å². The number of carboxylic acid groups (broad SMARTS) is 1. The molecule has 0 aromatic carbocycles. The summed E-state index contributed by atoms with van der Waals surface area (Å²) in [7, 11) is 0. The number of thiazole rings is 1. The second-order valence-corrected chi connectivity index (χ2v) is 5.91. The van der Waals surface area contributed by atoms with E-state index in [2.05, 4.69) is 4.98 Å². The number of hydrogen-bond donors (Lipinski definition) is 2. The monoisotopic (exact) mass is 297 g/mol. The second kappa shape index (κ2) is 6.81. The van der Waals surface area contributed by atoms with E-state index in [0.717, 1.165) is 23.5 Å². The maximum atomic E-state index is 12.2. The number of aromatic nitrogens is 1. The van der Waals surface area contributed by atoms with Gasteiger partial charge in [-0.25, -0.2) is 4.98 Å². The molecule has 20 heavy (non-hydrogen) atoms. The van der Waals surface area contributed by atoms with Gasteiger partial charge in [0.15, 0.2) is 0 Å². The van der Waals surface area contributed by atoms with Crippen molar-refractivity contribution in [1.82, 2.24) is 9.88 Å². The average Bonchev–Trinajstić information content (AvgIpc) is 2.86. The number of carbonyl (C=O) groups excluding carboxylic acids is 1. The van der Waals surface area contributed by atoms with Crippen LogP contribution in [0.4, 0.5) is 0 Å². The Kier molecular flexibility index (Phi) is 5.08.